The number of para-hydroxylation sites is 1. The Morgan fingerprint density at radius 2 is 2.05 bits per heavy atom. The average Bonchev–Trinajstić information content (AvgIpc) is 2.37. The summed E-state index contributed by atoms with van der Waals surface area (Å²) in [5.74, 6) is -0.669. The molecule has 8 heteroatoms. The van der Waals surface area contributed by atoms with E-state index in [1.165, 1.54) is 30.3 Å². The minimum atomic E-state index is -0.668. The molecule has 1 N–H and O–H groups in total. The molecule has 0 saturated carbocycles. The molecule has 0 aliphatic rings. The second-order valence-electron chi connectivity index (χ2n) is 3.88. The van der Waals surface area contributed by atoms with Gasteiger partial charge < -0.3 is 0 Å². The van der Waals surface area contributed by atoms with E-state index in [9.17, 15) is 14.9 Å². The molecule has 0 unspecified atom stereocenters. The van der Waals surface area contributed by atoms with Crippen molar-refractivity contribution in [3.05, 3.63) is 56.9 Å². The van der Waals surface area contributed by atoms with Crippen molar-refractivity contribution < 1.29 is 9.72 Å². The van der Waals surface area contributed by atoms with Crippen LogP contribution in [0.1, 0.15) is 16.1 Å². The fourth-order valence-corrected chi connectivity index (χ4v) is 1.82. The second kappa shape index (κ2) is 5.62. The number of carbonyl (C=O) groups excluding carboxylic acids is 1. The molecule has 0 atom stereocenters. The fraction of sp³-hybridized carbons (Fsp3) is 0.0833. The van der Waals surface area contributed by atoms with Gasteiger partial charge in [0, 0.05) is 11.8 Å². The van der Waals surface area contributed by atoms with Crippen LogP contribution in [0.3, 0.4) is 0 Å². The van der Waals surface area contributed by atoms with Gasteiger partial charge in [-0.1, -0.05) is 23.7 Å². The Labute approximate surface area is 118 Å². The summed E-state index contributed by atoms with van der Waals surface area (Å²) in [6.07, 6.45) is 0. The van der Waals surface area contributed by atoms with Crippen molar-refractivity contribution in [3.8, 4) is 0 Å². The summed E-state index contributed by atoms with van der Waals surface area (Å²) in [4.78, 5) is 30.1. The maximum atomic E-state index is 12.0. The van der Waals surface area contributed by atoms with Gasteiger partial charge in [0.2, 0.25) is 5.95 Å². The molecule has 0 saturated heterocycles. The molecular formula is C12H9ClN4O3. The van der Waals surface area contributed by atoms with Crippen LogP contribution < -0.4 is 5.32 Å². The quantitative estimate of drug-likeness (QED) is 0.532. The molecule has 1 aromatic heterocycles. The third kappa shape index (κ3) is 3.07. The van der Waals surface area contributed by atoms with Gasteiger partial charge in [0.15, 0.2) is 0 Å². The van der Waals surface area contributed by atoms with Crippen LogP contribution in [0.2, 0.25) is 5.15 Å². The Balaban J connectivity index is 2.31. The van der Waals surface area contributed by atoms with E-state index < -0.39 is 10.8 Å². The van der Waals surface area contributed by atoms with E-state index in [0.717, 1.165) is 0 Å². The maximum Gasteiger partial charge on any atom is 0.282 e. The Kier molecular flexibility index (Phi) is 3.90. The highest BCUT2D eigenvalue weighted by atomic mass is 35.5. The van der Waals surface area contributed by atoms with Crippen LogP contribution in [0.4, 0.5) is 11.6 Å². The zero-order valence-electron chi connectivity index (χ0n) is 10.3. The molecule has 0 fully saturated rings. The Morgan fingerprint density at radius 3 is 2.70 bits per heavy atom. The summed E-state index contributed by atoms with van der Waals surface area (Å²) in [5, 5.41) is 13.4. The lowest BCUT2D eigenvalue weighted by atomic mass is 10.1. The number of aryl methyl sites for hydroxylation is 1. The van der Waals surface area contributed by atoms with Gasteiger partial charge >= 0.3 is 0 Å². The first-order valence-electron chi connectivity index (χ1n) is 5.53. The van der Waals surface area contributed by atoms with Gasteiger partial charge in [0.25, 0.3) is 11.6 Å². The van der Waals surface area contributed by atoms with Gasteiger partial charge in [0.1, 0.15) is 10.7 Å². The lowest BCUT2D eigenvalue weighted by Gasteiger charge is -2.05. The number of benzene rings is 1. The number of hydrogen-bond donors (Lipinski definition) is 1. The summed E-state index contributed by atoms with van der Waals surface area (Å²) >= 11 is 5.75. The van der Waals surface area contributed by atoms with Crippen LogP contribution in [-0.4, -0.2) is 20.8 Å². The minimum absolute atomic E-state index is 0.00171. The van der Waals surface area contributed by atoms with Crippen molar-refractivity contribution in [3.63, 3.8) is 0 Å². The number of halogens is 1. The van der Waals surface area contributed by atoms with E-state index in [2.05, 4.69) is 15.3 Å². The van der Waals surface area contributed by atoms with Gasteiger partial charge in [-0.15, -0.1) is 0 Å². The van der Waals surface area contributed by atoms with Crippen molar-refractivity contribution in [1.82, 2.24) is 9.97 Å². The van der Waals surface area contributed by atoms with Crippen molar-refractivity contribution in [1.29, 1.82) is 0 Å². The van der Waals surface area contributed by atoms with Crippen molar-refractivity contribution in [2.45, 2.75) is 6.92 Å². The number of rotatable bonds is 3. The molecule has 0 spiro atoms. The number of aromatic nitrogens is 2. The number of nitro benzene ring substituents is 1. The number of hydrogen-bond acceptors (Lipinski definition) is 5. The van der Waals surface area contributed by atoms with Crippen LogP contribution in [0.15, 0.2) is 30.3 Å². The predicted molar refractivity (Wildman–Crippen MR) is 72.8 cm³/mol. The third-order valence-corrected chi connectivity index (χ3v) is 2.59. The van der Waals surface area contributed by atoms with E-state index in [-0.39, 0.29) is 22.4 Å². The van der Waals surface area contributed by atoms with Crippen LogP contribution in [0.5, 0.6) is 0 Å². The summed E-state index contributed by atoms with van der Waals surface area (Å²) in [5.41, 5.74) is 0.213. The van der Waals surface area contributed by atoms with Gasteiger partial charge in [-0.25, -0.2) is 9.97 Å². The topological polar surface area (TPSA) is 98.0 Å². The van der Waals surface area contributed by atoms with E-state index in [4.69, 9.17) is 11.6 Å². The molecule has 102 valence electrons. The van der Waals surface area contributed by atoms with E-state index in [1.807, 2.05) is 0 Å². The highest BCUT2D eigenvalue weighted by Gasteiger charge is 2.20. The standard InChI is InChI=1S/C12H9ClN4O3/c1-7-6-10(13)15-12(14-7)16-11(18)8-4-2-3-5-9(8)17(19)20/h2-6H,1H3,(H,14,15,16,18). The summed E-state index contributed by atoms with van der Waals surface area (Å²) in [7, 11) is 0. The highest BCUT2D eigenvalue weighted by molar-refractivity contribution is 6.29. The van der Waals surface area contributed by atoms with Crippen molar-refractivity contribution in [2.75, 3.05) is 5.32 Å². The first-order chi connectivity index (χ1) is 9.47. The zero-order valence-corrected chi connectivity index (χ0v) is 11.1. The molecule has 0 aliphatic carbocycles. The minimum Gasteiger partial charge on any atom is -0.290 e. The Bertz CT molecular complexity index is 670. The van der Waals surface area contributed by atoms with Gasteiger partial charge in [-0.3, -0.25) is 20.2 Å². The van der Waals surface area contributed by atoms with Crippen LogP contribution >= 0.6 is 11.6 Å². The molecule has 2 rings (SSSR count). The SMILES string of the molecule is Cc1cc(Cl)nc(NC(=O)c2ccccc2[N+](=O)[O-])n1. The van der Waals surface area contributed by atoms with Crippen molar-refractivity contribution in [2.24, 2.45) is 0 Å². The number of nitrogens with zero attached hydrogens (tertiary/aromatic N) is 3. The van der Waals surface area contributed by atoms with E-state index in [0.29, 0.717) is 5.69 Å². The Hall–Kier alpha value is -2.54. The maximum absolute atomic E-state index is 12.0. The average molecular weight is 293 g/mol. The molecule has 2 aromatic rings. The predicted octanol–water partition coefficient (Wildman–Crippen LogP) is 2.60. The number of carbonyl (C=O) groups is 1. The number of anilines is 1. The van der Waals surface area contributed by atoms with E-state index >= 15 is 0 Å². The summed E-state index contributed by atoms with van der Waals surface area (Å²) < 4.78 is 0. The van der Waals surface area contributed by atoms with Crippen LogP contribution in [0, 0.1) is 17.0 Å². The molecular weight excluding hydrogens is 284 g/mol. The molecule has 0 aliphatic heterocycles. The number of nitro groups is 1. The van der Waals surface area contributed by atoms with Gasteiger partial charge in [-0.05, 0) is 19.1 Å². The molecule has 0 bridgehead atoms. The van der Waals surface area contributed by atoms with Crippen molar-refractivity contribution >= 4 is 29.1 Å². The lowest BCUT2D eigenvalue weighted by Crippen LogP contribution is -2.16. The Morgan fingerprint density at radius 1 is 1.35 bits per heavy atom. The largest absolute Gasteiger partial charge is 0.290 e. The lowest BCUT2D eigenvalue weighted by molar-refractivity contribution is -0.385. The molecule has 20 heavy (non-hydrogen) atoms. The molecule has 1 heterocycles. The fourth-order valence-electron chi connectivity index (χ4n) is 1.58. The van der Waals surface area contributed by atoms with E-state index in [1.54, 1.807) is 6.92 Å². The van der Waals surface area contributed by atoms with Gasteiger partial charge in [-0.2, -0.15) is 0 Å². The summed E-state index contributed by atoms with van der Waals surface area (Å²) in [6.45, 7) is 1.69. The zero-order chi connectivity index (χ0) is 14.7. The normalized spacial score (nSPS) is 10.1. The molecule has 0 radical (unpaired) electrons. The first-order valence-corrected chi connectivity index (χ1v) is 5.91. The molecule has 1 aromatic carbocycles. The first kappa shape index (κ1) is 13.9. The second-order valence-corrected chi connectivity index (χ2v) is 4.27. The van der Waals surface area contributed by atoms with Gasteiger partial charge in [0.05, 0.1) is 4.92 Å². The van der Waals surface area contributed by atoms with Crippen LogP contribution in [0.25, 0.3) is 0 Å². The number of nitrogens with one attached hydrogen (secondary N) is 1. The highest BCUT2D eigenvalue weighted by Crippen LogP contribution is 2.19. The monoisotopic (exact) mass is 292 g/mol. The smallest absolute Gasteiger partial charge is 0.282 e. The summed E-state index contributed by atoms with van der Waals surface area (Å²) in [6, 6.07) is 7.15. The third-order valence-electron chi connectivity index (χ3n) is 2.39. The molecule has 1 amide bonds. The van der Waals surface area contributed by atoms with Crippen LogP contribution in [-0.2, 0) is 0 Å². The molecule has 7 nitrogen and oxygen atoms in total. The number of amides is 1.